The maximum atomic E-state index is 12.3. The highest BCUT2D eigenvalue weighted by molar-refractivity contribution is 6.32. The fourth-order valence-corrected chi connectivity index (χ4v) is 3.64. The van der Waals surface area contributed by atoms with Gasteiger partial charge >= 0.3 is 0 Å². The number of hydrazone groups is 1. The van der Waals surface area contributed by atoms with Crippen molar-refractivity contribution in [1.82, 2.24) is 10.4 Å². The molecule has 0 saturated carbocycles. The number of methoxy groups -OCH3 is 2. The van der Waals surface area contributed by atoms with Crippen LogP contribution in [0.3, 0.4) is 0 Å². The zero-order valence-corrected chi connectivity index (χ0v) is 21.6. The third-order valence-corrected chi connectivity index (χ3v) is 5.59. The number of nitrogens with one attached hydrogen (secondary N) is 2. The van der Waals surface area contributed by atoms with E-state index in [1.54, 1.807) is 24.3 Å². The second-order valence-electron chi connectivity index (χ2n) is 7.86. The molecule has 1 aromatic heterocycles. The van der Waals surface area contributed by atoms with Gasteiger partial charge in [0.15, 0.2) is 17.3 Å². The van der Waals surface area contributed by atoms with E-state index in [9.17, 15) is 15.0 Å². The summed E-state index contributed by atoms with van der Waals surface area (Å²) in [5.41, 5.74) is 4.42. The summed E-state index contributed by atoms with van der Waals surface area (Å²) in [7, 11) is 2.99. The maximum Gasteiger partial charge on any atom is 0.299 e. The minimum absolute atomic E-state index is 0.0560. The molecule has 0 saturated heterocycles. The zero-order chi connectivity index (χ0) is 27.8. The smallest absolute Gasteiger partial charge is 0.299 e. The maximum absolute atomic E-state index is 12.3. The van der Waals surface area contributed by atoms with Crippen LogP contribution in [0.2, 0.25) is 5.02 Å². The number of halogens is 1. The highest BCUT2D eigenvalue weighted by Crippen LogP contribution is 2.32. The van der Waals surface area contributed by atoms with Gasteiger partial charge in [0, 0.05) is 11.1 Å². The number of amides is 1. The number of anilines is 1. The van der Waals surface area contributed by atoms with Crippen molar-refractivity contribution in [2.75, 3.05) is 26.1 Å². The predicted molar refractivity (Wildman–Crippen MR) is 147 cm³/mol. The lowest BCUT2D eigenvalue weighted by atomic mass is 10.1. The van der Waals surface area contributed by atoms with Crippen molar-refractivity contribution >= 4 is 29.7 Å². The van der Waals surface area contributed by atoms with Crippen molar-refractivity contribution in [2.24, 2.45) is 5.10 Å². The van der Waals surface area contributed by atoms with Gasteiger partial charge in [0.1, 0.15) is 5.75 Å². The number of ether oxygens (including phenoxy) is 2. The molecule has 0 aliphatic rings. The quantitative estimate of drug-likeness (QED) is 0.142. The van der Waals surface area contributed by atoms with Crippen molar-refractivity contribution in [1.29, 1.82) is 0 Å². The number of hydrogen-bond donors (Lipinski definition) is 4. The number of carbonyl (C=O) groups excluding carboxylic acids is 1. The number of phenols is 1. The van der Waals surface area contributed by atoms with Crippen LogP contribution in [0.4, 0.5) is 6.01 Å². The normalized spacial score (nSPS) is 10.5. The molecule has 0 radical (unpaired) electrons. The first kappa shape index (κ1) is 26.9. The summed E-state index contributed by atoms with van der Waals surface area (Å²) in [5.74, 6) is 6.19. The van der Waals surface area contributed by atoms with Crippen LogP contribution in [0.15, 0.2) is 70.2 Å². The van der Waals surface area contributed by atoms with E-state index in [1.807, 2.05) is 18.2 Å². The summed E-state index contributed by atoms with van der Waals surface area (Å²) in [6.07, 6.45) is 1.42. The molecular formula is C28H23ClN4O6. The van der Waals surface area contributed by atoms with Gasteiger partial charge in [-0.1, -0.05) is 53.8 Å². The molecule has 0 fully saturated rings. The van der Waals surface area contributed by atoms with E-state index >= 15 is 0 Å². The minimum Gasteiger partial charge on any atom is -0.506 e. The Hall–Kier alpha value is -5.14. The van der Waals surface area contributed by atoms with E-state index in [-0.39, 0.29) is 40.5 Å². The molecule has 0 bridgehead atoms. The van der Waals surface area contributed by atoms with Crippen molar-refractivity contribution in [3.63, 3.8) is 0 Å². The third-order valence-electron chi connectivity index (χ3n) is 5.29. The summed E-state index contributed by atoms with van der Waals surface area (Å²) >= 11 is 5.86. The van der Waals surface area contributed by atoms with Crippen LogP contribution in [0.5, 0.6) is 23.1 Å². The predicted octanol–water partition coefficient (Wildman–Crippen LogP) is 4.65. The highest BCUT2D eigenvalue weighted by atomic mass is 35.5. The Bertz CT molecular complexity index is 1570. The average molecular weight is 547 g/mol. The average Bonchev–Trinajstić information content (AvgIpc) is 3.32. The fraction of sp³-hybridized carbons (Fsp3) is 0.107. The molecule has 3 aromatic carbocycles. The number of carbonyl (C=O) groups is 1. The number of rotatable bonds is 8. The Balaban J connectivity index is 1.46. The van der Waals surface area contributed by atoms with Crippen LogP contribution in [-0.2, 0) is 0 Å². The number of aromatic nitrogens is 1. The molecule has 0 aliphatic carbocycles. The zero-order valence-electron chi connectivity index (χ0n) is 20.9. The standard InChI is InChI=1S/C28H23ClN4O6/c1-37-23-14-17(16-31-33-26(35)20-10-11-22(34)21(29)15-20)13-19(24(23)38-2)9-6-12-30-28-32-27(36)25(39-28)18-7-4-3-5-8-18/h3-5,7-8,10-11,13-16,34,36H,12H2,1-2H3,(H,30,32)(H,33,35). The molecule has 10 nitrogen and oxygen atoms in total. The topological polar surface area (TPSA) is 138 Å². The Morgan fingerprint density at radius 2 is 1.92 bits per heavy atom. The van der Waals surface area contributed by atoms with Crippen molar-refractivity contribution in [2.45, 2.75) is 0 Å². The molecular weight excluding hydrogens is 524 g/mol. The lowest BCUT2D eigenvalue weighted by molar-refractivity contribution is 0.0955. The van der Waals surface area contributed by atoms with Crippen LogP contribution in [0.1, 0.15) is 21.5 Å². The second kappa shape index (κ2) is 12.4. The van der Waals surface area contributed by atoms with Crippen LogP contribution < -0.4 is 20.2 Å². The molecule has 198 valence electrons. The Morgan fingerprint density at radius 3 is 2.64 bits per heavy atom. The van der Waals surface area contributed by atoms with E-state index < -0.39 is 5.91 Å². The fourth-order valence-electron chi connectivity index (χ4n) is 3.46. The molecule has 11 heteroatoms. The van der Waals surface area contributed by atoms with Crippen LogP contribution in [0.25, 0.3) is 11.3 Å². The molecule has 0 spiro atoms. The lowest BCUT2D eigenvalue weighted by Crippen LogP contribution is -2.17. The van der Waals surface area contributed by atoms with Crippen molar-refractivity contribution in [3.05, 3.63) is 82.4 Å². The molecule has 1 amide bonds. The molecule has 1 heterocycles. The molecule has 0 aliphatic heterocycles. The van der Waals surface area contributed by atoms with Crippen LogP contribution in [0, 0.1) is 11.8 Å². The van der Waals surface area contributed by atoms with E-state index in [2.05, 4.69) is 32.7 Å². The Labute approximate surface area is 228 Å². The molecule has 4 N–H and O–H groups in total. The van der Waals surface area contributed by atoms with Gasteiger partial charge in [0.05, 0.1) is 37.6 Å². The van der Waals surface area contributed by atoms with Gasteiger partial charge in [-0.05, 0) is 35.9 Å². The molecule has 0 atom stereocenters. The number of hydrogen-bond acceptors (Lipinski definition) is 9. The summed E-state index contributed by atoms with van der Waals surface area (Å²) in [4.78, 5) is 16.3. The van der Waals surface area contributed by atoms with Gasteiger partial charge in [-0.3, -0.25) is 4.79 Å². The highest BCUT2D eigenvalue weighted by Gasteiger charge is 2.14. The van der Waals surface area contributed by atoms with Gasteiger partial charge in [-0.25, -0.2) is 5.43 Å². The number of phenolic OH excluding ortho intramolecular Hbond substituents is 1. The molecule has 4 aromatic rings. The van der Waals surface area contributed by atoms with Crippen LogP contribution in [-0.4, -0.2) is 48.1 Å². The largest absolute Gasteiger partial charge is 0.506 e. The summed E-state index contributed by atoms with van der Waals surface area (Å²) in [5, 5.41) is 26.6. The SMILES string of the molecule is COc1cc(C=NNC(=O)c2ccc(O)c(Cl)c2)cc(C#CCNc2nc(O)c(-c3ccccc3)o2)c1OC. The molecule has 4 rings (SSSR count). The van der Waals surface area contributed by atoms with Gasteiger partial charge in [-0.15, -0.1) is 0 Å². The summed E-state index contributed by atoms with van der Waals surface area (Å²) in [6, 6.07) is 16.7. The third kappa shape index (κ3) is 6.60. The van der Waals surface area contributed by atoms with E-state index in [1.165, 1.54) is 38.6 Å². The Kier molecular flexibility index (Phi) is 8.56. The first-order valence-corrected chi connectivity index (χ1v) is 11.8. The van der Waals surface area contributed by atoms with Crippen molar-refractivity contribution in [3.8, 4) is 46.3 Å². The number of aromatic hydroxyl groups is 2. The first-order chi connectivity index (χ1) is 18.9. The Morgan fingerprint density at radius 1 is 1.13 bits per heavy atom. The van der Waals surface area contributed by atoms with Crippen molar-refractivity contribution < 1.29 is 28.9 Å². The first-order valence-electron chi connectivity index (χ1n) is 11.5. The van der Waals surface area contributed by atoms with Gasteiger partial charge in [0.2, 0.25) is 0 Å². The monoisotopic (exact) mass is 546 g/mol. The minimum atomic E-state index is -0.507. The second-order valence-corrected chi connectivity index (χ2v) is 8.27. The molecule has 0 unspecified atom stereocenters. The molecule has 39 heavy (non-hydrogen) atoms. The van der Waals surface area contributed by atoms with Gasteiger partial charge in [0.25, 0.3) is 17.8 Å². The van der Waals surface area contributed by atoms with Gasteiger partial charge in [-0.2, -0.15) is 10.1 Å². The number of benzene rings is 3. The van der Waals surface area contributed by atoms with Crippen LogP contribution >= 0.6 is 11.6 Å². The van der Waals surface area contributed by atoms with Gasteiger partial charge < -0.3 is 29.4 Å². The van der Waals surface area contributed by atoms with E-state index in [4.69, 9.17) is 25.5 Å². The lowest BCUT2D eigenvalue weighted by Gasteiger charge is -2.10. The summed E-state index contributed by atoms with van der Waals surface area (Å²) in [6.45, 7) is 0.156. The number of nitrogens with zero attached hydrogens (tertiary/aromatic N) is 2. The number of oxazole rings is 1. The van der Waals surface area contributed by atoms with E-state index in [0.717, 1.165) is 0 Å². The summed E-state index contributed by atoms with van der Waals surface area (Å²) < 4.78 is 16.5. The van der Waals surface area contributed by atoms with E-state index in [0.29, 0.717) is 28.2 Å².